The van der Waals surface area contributed by atoms with Gasteiger partial charge in [-0.25, -0.2) is 0 Å². The Bertz CT molecular complexity index is 719. The molecule has 23 heavy (non-hydrogen) atoms. The number of rotatable bonds is 6. The van der Waals surface area contributed by atoms with E-state index in [0.717, 1.165) is 15.7 Å². The molecular weight excluding hydrogens is 398 g/mol. The summed E-state index contributed by atoms with van der Waals surface area (Å²) >= 11 is 10.5. The van der Waals surface area contributed by atoms with Crippen molar-refractivity contribution in [2.75, 3.05) is 16.8 Å². The predicted molar refractivity (Wildman–Crippen MR) is 101 cm³/mol. The number of amides is 1. The third-order valence-electron chi connectivity index (χ3n) is 3.10. The van der Waals surface area contributed by atoms with Gasteiger partial charge in [0.2, 0.25) is 5.91 Å². The normalized spacial score (nSPS) is 10.4. The maximum atomic E-state index is 12.0. The highest BCUT2D eigenvalue weighted by molar-refractivity contribution is 9.10. The van der Waals surface area contributed by atoms with Gasteiger partial charge in [-0.2, -0.15) is 0 Å². The summed E-state index contributed by atoms with van der Waals surface area (Å²) in [7, 11) is 0. The van der Waals surface area contributed by atoms with E-state index in [1.54, 1.807) is 30.3 Å². The quantitative estimate of drug-likeness (QED) is 0.682. The van der Waals surface area contributed by atoms with Crippen LogP contribution in [0.15, 0.2) is 46.9 Å². The summed E-state index contributed by atoms with van der Waals surface area (Å²) in [6.45, 7) is 1.88. The summed E-state index contributed by atoms with van der Waals surface area (Å²) in [5, 5.41) is 3.46. The monoisotopic (exact) mass is 411 g/mol. The fourth-order valence-electron chi connectivity index (χ4n) is 1.91. The van der Waals surface area contributed by atoms with Crippen LogP contribution in [0.5, 0.6) is 0 Å². The van der Waals surface area contributed by atoms with E-state index in [1.807, 2.05) is 19.1 Å². The van der Waals surface area contributed by atoms with Crippen LogP contribution in [-0.4, -0.2) is 23.2 Å². The van der Waals surface area contributed by atoms with Crippen LogP contribution in [0.1, 0.15) is 15.9 Å². The highest BCUT2D eigenvalue weighted by Crippen LogP contribution is 2.20. The molecule has 0 aliphatic carbocycles. The zero-order chi connectivity index (χ0) is 16.8. The molecule has 120 valence electrons. The number of aryl methyl sites for hydroxylation is 1. The molecular formula is C17H15BrClNO2S. The number of carbonyl (C=O) groups excluding carboxylic acids is 2. The number of hydrogen-bond donors (Lipinski definition) is 1. The van der Waals surface area contributed by atoms with Gasteiger partial charge in [0.1, 0.15) is 0 Å². The SMILES string of the molecule is Cc1cc(Cl)ccc1NC(=O)CSCC(=O)c1ccc(Br)cc1. The lowest BCUT2D eigenvalue weighted by Gasteiger charge is -2.08. The zero-order valence-electron chi connectivity index (χ0n) is 12.4. The van der Waals surface area contributed by atoms with Gasteiger partial charge in [0.05, 0.1) is 11.5 Å². The molecule has 0 heterocycles. The van der Waals surface area contributed by atoms with Crippen molar-refractivity contribution in [3.8, 4) is 0 Å². The first-order valence-corrected chi connectivity index (χ1v) is 9.21. The Balaban J connectivity index is 1.80. The van der Waals surface area contributed by atoms with E-state index in [-0.39, 0.29) is 23.2 Å². The van der Waals surface area contributed by atoms with Crippen LogP contribution < -0.4 is 5.32 Å². The average molecular weight is 413 g/mol. The second kappa shape index (κ2) is 8.52. The Kier molecular flexibility index (Phi) is 6.69. The second-order valence-corrected chi connectivity index (χ2v) is 7.27. The molecule has 1 N–H and O–H groups in total. The van der Waals surface area contributed by atoms with Gasteiger partial charge in [0.15, 0.2) is 5.78 Å². The molecule has 0 spiro atoms. The zero-order valence-corrected chi connectivity index (χ0v) is 15.6. The molecule has 0 fully saturated rings. The van der Waals surface area contributed by atoms with Crippen molar-refractivity contribution in [2.24, 2.45) is 0 Å². The van der Waals surface area contributed by atoms with Crippen LogP contribution in [0.4, 0.5) is 5.69 Å². The summed E-state index contributed by atoms with van der Waals surface area (Å²) in [6.07, 6.45) is 0. The highest BCUT2D eigenvalue weighted by atomic mass is 79.9. The van der Waals surface area contributed by atoms with E-state index in [2.05, 4.69) is 21.2 Å². The Morgan fingerprint density at radius 1 is 1.13 bits per heavy atom. The van der Waals surface area contributed by atoms with Gasteiger partial charge in [-0.05, 0) is 42.8 Å². The molecule has 0 aliphatic rings. The summed E-state index contributed by atoms with van der Waals surface area (Å²) in [4.78, 5) is 23.9. The summed E-state index contributed by atoms with van der Waals surface area (Å²) in [5.74, 6) is 0.376. The van der Waals surface area contributed by atoms with E-state index in [1.165, 1.54) is 11.8 Å². The molecule has 0 radical (unpaired) electrons. The number of benzene rings is 2. The maximum Gasteiger partial charge on any atom is 0.234 e. The standard InChI is InChI=1S/C17H15BrClNO2S/c1-11-8-14(19)6-7-15(11)20-17(22)10-23-9-16(21)12-2-4-13(18)5-3-12/h2-8H,9-10H2,1H3,(H,20,22). The maximum absolute atomic E-state index is 12.0. The second-order valence-electron chi connectivity index (χ2n) is 4.93. The summed E-state index contributed by atoms with van der Waals surface area (Å²) < 4.78 is 0.930. The number of thioether (sulfide) groups is 1. The van der Waals surface area contributed by atoms with Gasteiger partial charge < -0.3 is 5.32 Å². The molecule has 2 aromatic carbocycles. The summed E-state index contributed by atoms with van der Waals surface area (Å²) in [5.41, 5.74) is 2.29. The molecule has 3 nitrogen and oxygen atoms in total. The van der Waals surface area contributed by atoms with Crippen molar-refractivity contribution in [3.05, 3.63) is 63.1 Å². The van der Waals surface area contributed by atoms with Gasteiger partial charge in [0, 0.05) is 20.7 Å². The van der Waals surface area contributed by atoms with E-state index < -0.39 is 0 Å². The number of carbonyl (C=O) groups is 2. The molecule has 0 saturated carbocycles. The number of anilines is 1. The van der Waals surface area contributed by atoms with E-state index in [9.17, 15) is 9.59 Å². The first-order valence-electron chi connectivity index (χ1n) is 6.88. The third kappa shape index (κ3) is 5.68. The van der Waals surface area contributed by atoms with Crippen molar-refractivity contribution in [3.63, 3.8) is 0 Å². The molecule has 0 bridgehead atoms. The van der Waals surface area contributed by atoms with Crippen molar-refractivity contribution < 1.29 is 9.59 Å². The molecule has 0 unspecified atom stereocenters. The smallest absolute Gasteiger partial charge is 0.234 e. The van der Waals surface area contributed by atoms with Crippen molar-refractivity contribution in [2.45, 2.75) is 6.92 Å². The van der Waals surface area contributed by atoms with Crippen LogP contribution in [-0.2, 0) is 4.79 Å². The minimum Gasteiger partial charge on any atom is -0.325 e. The molecule has 2 aromatic rings. The Morgan fingerprint density at radius 3 is 2.48 bits per heavy atom. The largest absolute Gasteiger partial charge is 0.325 e. The average Bonchev–Trinajstić information content (AvgIpc) is 2.50. The molecule has 0 aliphatic heterocycles. The lowest BCUT2D eigenvalue weighted by molar-refractivity contribution is -0.113. The fraction of sp³-hybridized carbons (Fsp3) is 0.176. The Morgan fingerprint density at radius 2 is 1.83 bits per heavy atom. The van der Waals surface area contributed by atoms with Crippen LogP contribution in [0, 0.1) is 6.92 Å². The van der Waals surface area contributed by atoms with Gasteiger partial charge in [-0.15, -0.1) is 11.8 Å². The first-order chi connectivity index (χ1) is 11.0. The predicted octanol–water partition coefficient (Wildman–Crippen LogP) is 4.97. The van der Waals surface area contributed by atoms with Crippen LogP contribution in [0.25, 0.3) is 0 Å². The van der Waals surface area contributed by atoms with E-state index >= 15 is 0 Å². The number of nitrogens with one attached hydrogen (secondary N) is 1. The minimum atomic E-state index is -0.135. The third-order valence-corrected chi connectivity index (χ3v) is 4.79. The Labute approximate surface area is 152 Å². The van der Waals surface area contributed by atoms with E-state index in [4.69, 9.17) is 11.6 Å². The number of halogens is 2. The molecule has 0 aromatic heterocycles. The number of hydrogen-bond acceptors (Lipinski definition) is 3. The fourth-order valence-corrected chi connectivity index (χ4v) is 3.11. The lowest BCUT2D eigenvalue weighted by atomic mass is 10.2. The highest BCUT2D eigenvalue weighted by Gasteiger charge is 2.09. The molecule has 0 saturated heterocycles. The lowest BCUT2D eigenvalue weighted by Crippen LogP contribution is -2.16. The molecule has 1 amide bonds. The Hall–Kier alpha value is -1.30. The number of ketones is 1. The first kappa shape index (κ1) is 18.0. The molecule has 6 heteroatoms. The van der Waals surface area contributed by atoms with E-state index in [0.29, 0.717) is 10.6 Å². The van der Waals surface area contributed by atoms with Crippen LogP contribution in [0.3, 0.4) is 0 Å². The summed E-state index contributed by atoms with van der Waals surface area (Å²) in [6, 6.07) is 12.5. The van der Waals surface area contributed by atoms with Crippen LogP contribution >= 0.6 is 39.3 Å². The van der Waals surface area contributed by atoms with Crippen molar-refractivity contribution >= 4 is 56.7 Å². The van der Waals surface area contributed by atoms with Gasteiger partial charge >= 0.3 is 0 Å². The van der Waals surface area contributed by atoms with Crippen molar-refractivity contribution in [1.29, 1.82) is 0 Å². The van der Waals surface area contributed by atoms with Gasteiger partial charge in [0.25, 0.3) is 0 Å². The van der Waals surface area contributed by atoms with Gasteiger partial charge in [-0.1, -0.05) is 39.7 Å². The number of Topliss-reactive ketones (excluding diaryl/α,β-unsaturated/α-hetero) is 1. The van der Waals surface area contributed by atoms with Crippen LogP contribution in [0.2, 0.25) is 5.02 Å². The molecule has 0 atom stereocenters. The van der Waals surface area contributed by atoms with Gasteiger partial charge in [-0.3, -0.25) is 9.59 Å². The van der Waals surface area contributed by atoms with Crippen molar-refractivity contribution in [1.82, 2.24) is 0 Å². The topological polar surface area (TPSA) is 46.2 Å². The minimum absolute atomic E-state index is 0.0120. The molecule has 2 rings (SSSR count).